The molecule has 1 unspecified atom stereocenters. The first kappa shape index (κ1) is 18.0. The number of benzene rings is 2. The summed E-state index contributed by atoms with van der Waals surface area (Å²) in [5.74, 6) is -0.723. The fraction of sp³-hybridized carbons (Fsp3) is 0.167. The second-order valence-electron chi connectivity index (χ2n) is 6.05. The molecule has 1 fully saturated rings. The van der Waals surface area contributed by atoms with Crippen molar-refractivity contribution in [1.82, 2.24) is 9.97 Å². The number of nitrogens with one attached hydrogen (secondary N) is 1. The quantitative estimate of drug-likeness (QED) is 0.399. The number of hydrogen-bond acceptors (Lipinski definition) is 7. The summed E-state index contributed by atoms with van der Waals surface area (Å²) in [5, 5.41) is 10.8. The largest absolute Gasteiger partial charge is 0.494 e. The maximum atomic E-state index is 12.9. The summed E-state index contributed by atoms with van der Waals surface area (Å²) in [5.41, 5.74) is 1.62. The lowest BCUT2D eigenvalue weighted by Crippen LogP contribution is -2.31. The topological polar surface area (TPSA) is 118 Å². The van der Waals surface area contributed by atoms with Gasteiger partial charge in [-0.15, -0.1) is 0 Å². The number of para-hydroxylation sites is 2. The summed E-state index contributed by atoms with van der Waals surface area (Å²) in [6.45, 7) is 0. The van der Waals surface area contributed by atoms with Crippen LogP contribution in [0.1, 0.15) is 6.42 Å². The summed E-state index contributed by atoms with van der Waals surface area (Å²) in [4.78, 5) is 44.3. The number of carbonyl (C=O) groups is 2. The Morgan fingerprint density at radius 1 is 1.29 bits per heavy atom. The number of anilines is 1. The molecule has 1 aliphatic heterocycles. The highest BCUT2D eigenvalue weighted by molar-refractivity contribution is 8.00. The van der Waals surface area contributed by atoms with Crippen molar-refractivity contribution >= 4 is 46.0 Å². The molecule has 2 aromatic carbocycles. The lowest BCUT2D eigenvalue weighted by molar-refractivity contribution is -0.384. The molecule has 142 valence electrons. The maximum absolute atomic E-state index is 12.9. The number of thioether (sulfide) groups is 1. The van der Waals surface area contributed by atoms with E-state index in [-0.39, 0.29) is 23.5 Å². The molecular weight excluding hydrogens is 384 g/mol. The average Bonchev–Trinajstić information content (AvgIpc) is 3.21. The number of hydrogen-bond donors (Lipinski definition) is 1. The van der Waals surface area contributed by atoms with Gasteiger partial charge in [0.1, 0.15) is 11.0 Å². The summed E-state index contributed by atoms with van der Waals surface area (Å²) < 4.78 is 5.16. The van der Waals surface area contributed by atoms with Crippen LogP contribution in [0.5, 0.6) is 5.75 Å². The molecule has 1 saturated heterocycles. The van der Waals surface area contributed by atoms with Crippen molar-refractivity contribution in [2.75, 3.05) is 12.0 Å². The van der Waals surface area contributed by atoms with Crippen molar-refractivity contribution in [1.29, 1.82) is 0 Å². The number of amides is 2. The first-order valence-electron chi connectivity index (χ1n) is 8.28. The molecule has 1 atom stereocenters. The molecule has 28 heavy (non-hydrogen) atoms. The number of methoxy groups -OCH3 is 1. The van der Waals surface area contributed by atoms with E-state index < -0.39 is 22.0 Å². The summed E-state index contributed by atoms with van der Waals surface area (Å²) in [7, 11) is 1.33. The van der Waals surface area contributed by atoms with Gasteiger partial charge in [0.2, 0.25) is 11.8 Å². The van der Waals surface area contributed by atoms with E-state index in [9.17, 15) is 19.7 Å². The molecule has 4 rings (SSSR count). The number of imidazole rings is 1. The van der Waals surface area contributed by atoms with Gasteiger partial charge in [-0.3, -0.25) is 19.7 Å². The van der Waals surface area contributed by atoms with Crippen LogP contribution >= 0.6 is 11.8 Å². The number of nitro groups is 1. The van der Waals surface area contributed by atoms with E-state index in [2.05, 4.69) is 9.97 Å². The monoisotopic (exact) mass is 398 g/mol. The van der Waals surface area contributed by atoms with E-state index >= 15 is 0 Å². The highest BCUT2D eigenvalue weighted by atomic mass is 32.2. The Morgan fingerprint density at radius 3 is 2.79 bits per heavy atom. The maximum Gasteiger partial charge on any atom is 0.273 e. The van der Waals surface area contributed by atoms with Crippen molar-refractivity contribution < 1.29 is 19.2 Å². The van der Waals surface area contributed by atoms with Gasteiger partial charge < -0.3 is 9.72 Å². The first-order chi connectivity index (χ1) is 13.5. The Bertz CT molecular complexity index is 1080. The van der Waals surface area contributed by atoms with Crippen molar-refractivity contribution in [3.05, 3.63) is 52.6 Å². The molecule has 10 heteroatoms. The number of fused-ring (bicyclic) bond motifs is 1. The second-order valence-corrected chi connectivity index (χ2v) is 7.24. The van der Waals surface area contributed by atoms with Crippen LogP contribution in [0, 0.1) is 10.1 Å². The van der Waals surface area contributed by atoms with Gasteiger partial charge >= 0.3 is 0 Å². The molecule has 0 radical (unpaired) electrons. The zero-order chi connectivity index (χ0) is 19.8. The molecule has 0 bridgehead atoms. The summed E-state index contributed by atoms with van der Waals surface area (Å²) >= 11 is 1.18. The van der Waals surface area contributed by atoms with E-state index in [1.807, 2.05) is 24.3 Å². The fourth-order valence-corrected chi connectivity index (χ4v) is 4.06. The Labute approximate surface area is 162 Å². The Balaban J connectivity index is 1.61. The molecule has 9 nitrogen and oxygen atoms in total. The molecule has 3 aromatic rings. The van der Waals surface area contributed by atoms with Crippen LogP contribution < -0.4 is 9.64 Å². The van der Waals surface area contributed by atoms with Gasteiger partial charge in [0.15, 0.2) is 5.16 Å². The van der Waals surface area contributed by atoms with Gasteiger partial charge in [0, 0.05) is 12.5 Å². The minimum atomic E-state index is -0.645. The van der Waals surface area contributed by atoms with Crippen molar-refractivity contribution in [3.8, 4) is 5.75 Å². The molecule has 1 N–H and O–H groups in total. The van der Waals surface area contributed by atoms with Gasteiger partial charge in [-0.2, -0.15) is 0 Å². The third-order valence-electron chi connectivity index (χ3n) is 4.34. The number of aromatic amines is 1. The predicted molar refractivity (Wildman–Crippen MR) is 102 cm³/mol. The van der Waals surface area contributed by atoms with E-state index in [1.165, 1.54) is 37.1 Å². The smallest absolute Gasteiger partial charge is 0.273 e. The number of nitro benzene ring substituents is 1. The number of aromatic nitrogens is 2. The number of ether oxygens (including phenoxy) is 1. The van der Waals surface area contributed by atoms with E-state index in [4.69, 9.17) is 4.74 Å². The van der Waals surface area contributed by atoms with E-state index in [0.717, 1.165) is 15.9 Å². The van der Waals surface area contributed by atoms with Crippen LogP contribution in [-0.4, -0.2) is 39.1 Å². The first-order valence-corrected chi connectivity index (χ1v) is 9.16. The number of carbonyl (C=O) groups excluding carboxylic acids is 2. The molecule has 1 aliphatic rings. The minimum absolute atomic E-state index is 0.000682. The van der Waals surface area contributed by atoms with Gasteiger partial charge in [-0.1, -0.05) is 23.9 Å². The Kier molecular flexibility index (Phi) is 4.47. The summed E-state index contributed by atoms with van der Waals surface area (Å²) in [6.07, 6.45) is 0.000682. The number of imide groups is 1. The molecule has 2 heterocycles. The lowest BCUT2D eigenvalue weighted by atomic mass is 10.2. The standard InChI is InChI=1S/C18H14N4O5S/c1-27-14-8-10(22(25)26)6-7-13(14)21-16(23)9-15(17(21)24)28-18-19-11-4-2-3-5-12(11)20-18/h2-8,15H,9H2,1H3,(H,19,20). The molecule has 0 saturated carbocycles. The van der Waals surface area contributed by atoms with Crippen molar-refractivity contribution in [2.45, 2.75) is 16.8 Å². The number of non-ortho nitro benzene ring substituents is 1. The summed E-state index contributed by atoms with van der Waals surface area (Å²) in [6, 6.07) is 11.2. The van der Waals surface area contributed by atoms with Crippen LogP contribution in [0.4, 0.5) is 11.4 Å². The van der Waals surface area contributed by atoms with Crippen molar-refractivity contribution in [2.24, 2.45) is 0 Å². The SMILES string of the molecule is COc1cc([N+](=O)[O-])ccc1N1C(=O)CC(Sc2nc3ccccc3[nH]2)C1=O. The van der Waals surface area contributed by atoms with Crippen LogP contribution in [0.3, 0.4) is 0 Å². The lowest BCUT2D eigenvalue weighted by Gasteiger charge is -2.17. The van der Waals surface area contributed by atoms with Crippen LogP contribution in [-0.2, 0) is 9.59 Å². The van der Waals surface area contributed by atoms with E-state index in [0.29, 0.717) is 5.16 Å². The van der Waals surface area contributed by atoms with Gasteiger partial charge in [0.05, 0.1) is 34.8 Å². The third-order valence-corrected chi connectivity index (χ3v) is 5.41. The number of H-pyrrole nitrogens is 1. The Morgan fingerprint density at radius 2 is 2.07 bits per heavy atom. The van der Waals surface area contributed by atoms with Crippen LogP contribution in [0.15, 0.2) is 47.6 Å². The fourth-order valence-electron chi connectivity index (χ4n) is 3.03. The second kappa shape index (κ2) is 6.97. The van der Waals surface area contributed by atoms with Crippen LogP contribution in [0.25, 0.3) is 11.0 Å². The normalized spacial score (nSPS) is 16.8. The van der Waals surface area contributed by atoms with Gasteiger partial charge in [-0.25, -0.2) is 9.88 Å². The van der Waals surface area contributed by atoms with Gasteiger partial charge in [-0.05, 0) is 18.2 Å². The number of nitrogens with zero attached hydrogens (tertiary/aromatic N) is 3. The highest BCUT2D eigenvalue weighted by Crippen LogP contribution is 2.38. The van der Waals surface area contributed by atoms with E-state index in [1.54, 1.807) is 0 Å². The molecule has 1 aromatic heterocycles. The average molecular weight is 398 g/mol. The molecular formula is C18H14N4O5S. The molecule has 0 aliphatic carbocycles. The molecule has 0 spiro atoms. The zero-order valence-electron chi connectivity index (χ0n) is 14.6. The molecule has 2 amide bonds. The van der Waals surface area contributed by atoms with Crippen LogP contribution in [0.2, 0.25) is 0 Å². The third kappa shape index (κ3) is 3.07. The Hall–Kier alpha value is -3.40. The minimum Gasteiger partial charge on any atom is -0.494 e. The zero-order valence-corrected chi connectivity index (χ0v) is 15.4. The number of rotatable bonds is 5. The highest BCUT2D eigenvalue weighted by Gasteiger charge is 2.42. The van der Waals surface area contributed by atoms with Gasteiger partial charge in [0.25, 0.3) is 5.69 Å². The van der Waals surface area contributed by atoms with Crippen molar-refractivity contribution in [3.63, 3.8) is 0 Å². The predicted octanol–water partition coefficient (Wildman–Crippen LogP) is 2.90.